The lowest BCUT2D eigenvalue weighted by atomic mass is 10.1. The fourth-order valence-corrected chi connectivity index (χ4v) is 1.37. The third-order valence-corrected chi connectivity index (χ3v) is 2.36. The van der Waals surface area contributed by atoms with E-state index >= 15 is 0 Å². The van der Waals surface area contributed by atoms with Gasteiger partial charge in [0.25, 0.3) is 0 Å². The lowest BCUT2D eigenvalue weighted by Gasteiger charge is -2.11. The van der Waals surface area contributed by atoms with Crippen molar-refractivity contribution >= 4 is 17.2 Å². The van der Waals surface area contributed by atoms with Gasteiger partial charge in [-0.2, -0.15) is 4.72 Å². The lowest BCUT2D eigenvalue weighted by Crippen LogP contribution is -2.36. The van der Waals surface area contributed by atoms with Crippen LogP contribution in [-0.4, -0.2) is 27.5 Å². The molecular weight excluding hydrogens is 244 g/mol. The second kappa shape index (κ2) is 7.13. The van der Waals surface area contributed by atoms with Crippen molar-refractivity contribution in [3.8, 4) is 0 Å². The average Bonchev–Trinajstić information content (AvgIpc) is 2.29. The van der Waals surface area contributed by atoms with Gasteiger partial charge < -0.3 is 10.5 Å². The summed E-state index contributed by atoms with van der Waals surface area (Å²) in [6.45, 7) is -0.343. The van der Waals surface area contributed by atoms with Crippen LogP contribution in [0.3, 0.4) is 0 Å². The van der Waals surface area contributed by atoms with Gasteiger partial charge in [-0.1, -0.05) is 30.3 Å². The van der Waals surface area contributed by atoms with Crippen molar-refractivity contribution < 1.29 is 18.3 Å². The zero-order chi connectivity index (χ0) is 12.7. The molecule has 0 aliphatic heterocycles. The summed E-state index contributed by atoms with van der Waals surface area (Å²) in [7, 11) is 0. The topological polar surface area (TPSA) is 102 Å². The monoisotopic (exact) mass is 258 g/mol. The predicted octanol–water partition coefficient (Wildman–Crippen LogP) is -0.217. The molecule has 1 aromatic rings. The van der Waals surface area contributed by atoms with Gasteiger partial charge in [0.15, 0.2) is 6.73 Å². The minimum absolute atomic E-state index is 0.343. The number of carbonyl (C=O) groups is 1. The molecule has 1 unspecified atom stereocenters. The van der Waals surface area contributed by atoms with Crippen LogP contribution in [0, 0.1) is 0 Å². The number of nitrogens with two attached hydrogens (primary N) is 1. The van der Waals surface area contributed by atoms with Gasteiger partial charge in [0.05, 0.1) is 0 Å². The quantitative estimate of drug-likeness (QED) is 0.372. The van der Waals surface area contributed by atoms with E-state index in [0.717, 1.165) is 5.56 Å². The van der Waals surface area contributed by atoms with Crippen LogP contribution in [0.25, 0.3) is 0 Å². The van der Waals surface area contributed by atoms with E-state index in [9.17, 15) is 9.00 Å². The van der Waals surface area contributed by atoms with Gasteiger partial charge in [0.1, 0.15) is 6.04 Å². The molecule has 1 rings (SSSR count). The molecule has 7 heteroatoms. The zero-order valence-corrected chi connectivity index (χ0v) is 9.85. The maximum Gasteiger partial charge on any atom is 0.324 e. The summed E-state index contributed by atoms with van der Waals surface area (Å²) >= 11 is -2.20. The molecular formula is C10H14N2O4S. The number of benzene rings is 1. The van der Waals surface area contributed by atoms with E-state index in [0.29, 0.717) is 6.42 Å². The van der Waals surface area contributed by atoms with E-state index in [2.05, 4.69) is 4.74 Å². The fraction of sp³-hybridized carbons (Fsp3) is 0.300. The molecule has 0 saturated carbocycles. The Morgan fingerprint density at radius 1 is 1.47 bits per heavy atom. The lowest BCUT2D eigenvalue weighted by molar-refractivity contribution is -0.145. The van der Waals surface area contributed by atoms with Crippen molar-refractivity contribution in [1.82, 2.24) is 4.72 Å². The van der Waals surface area contributed by atoms with Crippen LogP contribution in [0.4, 0.5) is 0 Å². The molecule has 0 radical (unpaired) electrons. The number of ether oxygens (including phenoxy) is 1. The van der Waals surface area contributed by atoms with Gasteiger partial charge in [-0.05, 0) is 12.0 Å². The molecule has 2 atom stereocenters. The first-order valence-electron chi connectivity index (χ1n) is 4.90. The van der Waals surface area contributed by atoms with Gasteiger partial charge in [-0.25, -0.2) is 4.21 Å². The van der Waals surface area contributed by atoms with Gasteiger partial charge in [-0.15, -0.1) is 0 Å². The summed E-state index contributed by atoms with van der Waals surface area (Å²) in [6, 6.07) is 8.50. The van der Waals surface area contributed by atoms with Gasteiger partial charge >= 0.3 is 5.97 Å². The summed E-state index contributed by atoms with van der Waals surface area (Å²) in [5.41, 5.74) is 6.55. The van der Waals surface area contributed by atoms with Crippen LogP contribution in [0.1, 0.15) is 5.56 Å². The molecule has 0 aromatic heterocycles. The number of nitrogens with one attached hydrogen (secondary N) is 1. The number of carbonyl (C=O) groups excluding carboxylic acids is 1. The Kier molecular flexibility index (Phi) is 5.78. The van der Waals surface area contributed by atoms with Gasteiger partial charge in [0.2, 0.25) is 11.3 Å². The standard InChI is InChI=1S/C10H14N2O4S/c11-9(6-8-4-2-1-3-5-8)10(13)16-7-12-17(14)15/h1-5,9,12H,6-7,11H2,(H,14,15)/t9-/m0/s1. The Labute approximate surface area is 102 Å². The van der Waals surface area contributed by atoms with Crippen LogP contribution in [-0.2, 0) is 27.2 Å². The van der Waals surface area contributed by atoms with E-state index in [1.807, 2.05) is 35.1 Å². The molecule has 0 amide bonds. The van der Waals surface area contributed by atoms with Gasteiger partial charge in [-0.3, -0.25) is 9.35 Å². The number of hydrogen-bond donors (Lipinski definition) is 3. The van der Waals surface area contributed by atoms with Crippen LogP contribution in [0.2, 0.25) is 0 Å². The summed E-state index contributed by atoms with van der Waals surface area (Å²) in [5, 5.41) is 0. The second-order valence-electron chi connectivity index (χ2n) is 3.30. The van der Waals surface area contributed by atoms with Crippen LogP contribution < -0.4 is 10.5 Å². The molecule has 0 aliphatic carbocycles. The van der Waals surface area contributed by atoms with E-state index in [1.54, 1.807) is 0 Å². The highest BCUT2D eigenvalue weighted by atomic mass is 32.2. The Balaban J connectivity index is 2.34. The molecule has 0 aliphatic rings. The van der Waals surface area contributed by atoms with E-state index in [1.165, 1.54) is 0 Å². The van der Waals surface area contributed by atoms with Crippen LogP contribution in [0.15, 0.2) is 30.3 Å². The second-order valence-corrected chi connectivity index (χ2v) is 4.08. The molecule has 4 N–H and O–H groups in total. The fourth-order valence-electron chi connectivity index (χ4n) is 1.21. The SMILES string of the molecule is N[C@@H](Cc1ccccc1)C(=O)OCNS(=O)O. The minimum atomic E-state index is -2.20. The third-order valence-electron chi connectivity index (χ3n) is 2.00. The van der Waals surface area contributed by atoms with Crippen molar-refractivity contribution in [3.05, 3.63) is 35.9 Å². The predicted molar refractivity (Wildman–Crippen MR) is 63.0 cm³/mol. The van der Waals surface area contributed by atoms with Crippen molar-refractivity contribution in [2.45, 2.75) is 12.5 Å². The van der Waals surface area contributed by atoms with Crippen LogP contribution in [0.5, 0.6) is 0 Å². The van der Waals surface area contributed by atoms with E-state index in [4.69, 9.17) is 10.3 Å². The highest BCUT2D eigenvalue weighted by Gasteiger charge is 2.15. The number of esters is 1. The Hall–Kier alpha value is -1.28. The zero-order valence-electron chi connectivity index (χ0n) is 9.04. The first-order valence-corrected chi connectivity index (χ1v) is 6.01. The number of hydrogen-bond acceptors (Lipinski definition) is 4. The summed E-state index contributed by atoms with van der Waals surface area (Å²) in [5.74, 6) is -0.619. The van der Waals surface area contributed by atoms with Crippen molar-refractivity contribution in [1.29, 1.82) is 0 Å². The van der Waals surface area contributed by atoms with E-state index < -0.39 is 23.3 Å². The van der Waals surface area contributed by atoms with Gasteiger partial charge in [0, 0.05) is 0 Å². The first kappa shape index (κ1) is 13.8. The summed E-state index contributed by atoms with van der Waals surface area (Å²) in [6.07, 6.45) is 0.363. The Morgan fingerprint density at radius 2 is 2.12 bits per heavy atom. The van der Waals surface area contributed by atoms with Crippen molar-refractivity contribution in [2.24, 2.45) is 5.73 Å². The Morgan fingerprint density at radius 3 is 2.71 bits per heavy atom. The van der Waals surface area contributed by atoms with Crippen LogP contribution >= 0.6 is 0 Å². The van der Waals surface area contributed by atoms with Crippen molar-refractivity contribution in [3.63, 3.8) is 0 Å². The molecule has 0 spiro atoms. The Bertz CT molecular complexity index is 385. The molecule has 0 heterocycles. The highest BCUT2D eigenvalue weighted by molar-refractivity contribution is 7.77. The molecule has 0 fully saturated rings. The normalized spacial score (nSPS) is 14.0. The summed E-state index contributed by atoms with van der Waals surface area (Å²) in [4.78, 5) is 11.4. The molecule has 0 saturated heterocycles. The third kappa shape index (κ3) is 5.55. The molecule has 6 nitrogen and oxygen atoms in total. The summed E-state index contributed by atoms with van der Waals surface area (Å²) < 4.78 is 25.3. The first-order chi connectivity index (χ1) is 8.09. The van der Waals surface area contributed by atoms with E-state index in [-0.39, 0.29) is 6.73 Å². The molecule has 1 aromatic carbocycles. The molecule has 0 bridgehead atoms. The highest BCUT2D eigenvalue weighted by Crippen LogP contribution is 2.02. The van der Waals surface area contributed by atoms with Crippen molar-refractivity contribution in [2.75, 3.05) is 6.73 Å². The molecule has 94 valence electrons. The average molecular weight is 258 g/mol. The maximum absolute atomic E-state index is 11.4. The molecule has 17 heavy (non-hydrogen) atoms. The smallest absolute Gasteiger partial charge is 0.324 e. The largest absolute Gasteiger partial charge is 0.448 e. The minimum Gasteiger partial charge on any atom is -0.448 e. The maximum atomic E-state index is 11.4. The number of rotatable bonds is 6.